The van der Waals surface area contributed by atoms with Crippen molar-refractivity contribution >= 4 is 11.8 Å². The molecule has 18 heavy (non-hydrogen) atoms. The number of carbonyl (C=O) groups is 1. The van der Waals surface area contributed by atoms with Crippen molar-refractivity contribution in [2.75, 3.05) is 38.3 Å². The van der Waals surface area contributed by atoms with Gasteiger partial charge in [-0.2, -0.15) is 0 Å². The molecule has 0 aliphatic carbocycles. The first-order valence-corrected chi connectivity index (χ1v) is 5.53. The van der Waals surface area contributed by atoms with Gasteiger partial charge in [-0.05, 0) is 6.92 Å². The van der Waals surface area contributed by atoms with Gasteiger partial charge in [-0.3, -0.25) is 0 Å². The average Bonchev–Trinajstić information content (AvgIpc) is 2.34. The van der Waals surface area contributed by atoms with E-state index in [-0.39, 0.29) is 18.8 Å². The number of carboxylic acids is 1. The molecule has 0 aromatic carbocycles. The Hall–Kier alpha value is -1.73. The van der Waals surface area contributed by atoms with Crippen LogP contribution in [0.25, 0.3) is 0 Å². The number of aryl methyl sites for hydroxylation is 1. The van der Waals surface area contributed by atoms with E-state index in [0.29, 0.717) is 24.8 Å². The first-order chi connectivity index (χ1) is 8.56. The Morgan fingerprint density at radius 3 is 2.83 bits per heavy atom. The predicted octanol–water partition coefficient (Wildman–Crippen LogP) is -0.0717. The number of carboxylic acid groups (broad SMARTS) is 1. The van der Waals surface area contributed by atoms with E-state index in [1.54, 1.807) is 18.9 Å². The Balaban J connectivity index is 2.74. The topological polar surface area (TPSA) is 95.8 Å². The summed E-state index contributed by atoms with van der Waals surface area (Å²) in [7, 11) is 1.73. The maximum Gasteiger partial charge on any atom is 0.341 e. The fourth-order valence-corrected chi connectivity index (χ4v) is 1.37. The van der Waals surface area contributed by atoms with Gasteiger partial charge in [0.25, 0.3) is 0 Å². The third-order valence-electron chi connectivity index (χ3n) is 2.29. The number of nitrogens with zero attached hydrogens (tertiary/aromatic N) is 3. The standard InChI is InChI=1S/C11H17N3O4/c1-8-12-7-9(11(16)17)10(13-8)14(2)3-5-18-6-4-15/h7,15H,3-6H2,1-2H3,(H,16,17). The van der Waals surface area contributed by atoms with Crippen molar-refractivity contribution in [3.05, 3.63) is 17.6 Å². The van der Waals surface area contributed by atoms with Crippen molar-refractivity contribution < 1.29 is 19.7 Å². The molecule has 0 saturated carbocycles. The van der Waals surface area contributed by atoms with Crippen molar-refractivity contribution in [1.82, 2.24) is 9.97 Å². The molecule has 2 N–H and O–H groups in total. The van der Waals surface area contributed by atoms with Gasteiger partial charge in [-0.15, -0.1) is 0 Å². The summed E-state index contributed by atoms with van der Waals surface area (Å²) < 4.78 is 5.12. The second-order valence-corrected chi connectivity index (χ2v) is 3.72. The molecule has 0 atom stereocenters. The molecule has 0 aliphatic rings. The van der Waals surface area contributed by atoms with Crippen LogP contribution >= 0.6 is 0 Å². The van der Waals surface area contributed by atoms with Crippen molar-refractivity contribution in [1.29, 1.82) is 0 Å². The number of aromatic nitrogens is 2. The van der Waals surface area contributed by atoms with E-state index in [1.807, 2.05) is 0 Å². The van der Waals surface area contributed by atoms with Crippen LogP contribution in [0.5, 0.6) is 0 Å². The molecule has 1 heterocycles. The number of aromatic carboxylic acids is 1. The summed E-state index contributed by atoms with van der Waals surface area (Å²) in [6.07, 6.45) is 1.30. The zero-order valence-electron chi connectivity index (χ0n) is 10.5. The highest BCUT2D eigenvalue weighted by molar-refractivity contribution is 5.92. The van der Waals surface area contributed by atoms with E-state index >= 15 is 0 Å². The second kappa shape index (κ2) is 6.87. The minimum Gasteiger partial charge on any atom is -0.477 e. The molecular weight excluding hydrogens is 238 g/mol. The molecule has 0 spiro atoms. The number of anilines is 1. The van der Waals surface area contributed by atoms with Gasteiger partial charge in [0.1, 0.15) is 17.2 Å². The van der Waals surface area contributed by atoms with Crippen LogP contribution in [0.1, 0.15) is 16.2 Å². The lowest BCUT2D eigenvalue weighted by atomic mass is 10.3. The van der Waals surface area contributed by atoms with E-state index in [9.17, 15) is 4.79 Å². The summed E-state index contributed by atoms with van der Waals surface area (Å²) >= 11 is 0. The summed E-state index contributed by atoms with van der Waals surface area (Å²) in [5.41, 5.74) is 0.0604. The molecule has 1 aromatic rings. The maximum atomic E-state index is 11.0. The molecule has 7 nitrogen and oxygen atoms in total. The van der Waals surface area contributed by atoms with Crippen LogP contribution < -0.4 is 4.90 Å². The number of aliphatic hydroxyl groups is 1. The highest BCUT2D eigenvalue weighted by atomic mass is 16.5. The Kier molecular flexibility index (Phi) is 5.47. The first kappa shape index (κ1) is 14.3. The maximum absolute atomic E-state index is 11.0. The number of ether oxygens (including phenoxy) is 1. The van der Waals surface area contributed by atoms with Crippen LogP contribution in [-0.4, -0.2) is 59.6 Å². The Bertz CT molecular complexity index is 411. The number of likely N-dealkylation sites (N-methyl/N-ethyl adjacent to an activating group) is 1. The van der Waals surface area contributed by atoms with Crippen molar-refractivity contribution in [2.24, 2.45) is 0 Å². The van der Waals surface area contributed by atoms with E-state index in [1.165, 1.54) is 6.20 Å². The van der Waals surface area contributed by atoms with Gasteiger partial charge in [-0.1, -0.05) is 0 Å². The SMILES string of the molecule is Cc1ncc(C(=O)O)c(N(C)CCOCCO)n1. The summed E-state index contributed by atoms with van der Waals surface area (Å²) in [5.74, 6) is -0.186. The number of rotatable bonds is 7. The third-order valence-corrected chi connectivity index (χ3v) is 2.29. The van der Waals surface area contributed by atoms with Crippen molar-refractivity contribution in [2.45, 2.75) is 6.92 Å². The van der Waals surface area contributed by atoms with Gasteiger partial charge < -0.3 is 19.8 Å². The lowest BCUT2D eigenvalue weighted by Gasteiger charge is -2.19. The molecule has 7 heteroatoms. The van der Waals surface area contributed by atoms with E-state index in [4.69, 9.17) is 14.9 Å². The lowest BCUT2D eigenvalue weighted by molar-refractivity contribution is 0.0696. The first-order valence-electron chi connectivity index (χ1n) is 5.53. The van der Waals surface area contributed by atoms with Gasteiger partial charge in [0.2, 0.25) is 0 Å². The van der Waals surface area contributed by atoms with Gasteiger partial charge in [0.15, 0.2) is 0 Å². The zero-order chi connectivity index (χ0) is 13.5. The Morgan fingerprint density at radius 1 is 1.50 bits per heavy atom. The Morgan fingerprint density at radius 2 is 2.22 bits per heavy atom. The van der Waals surface area contributed by atoms with Gasteiger partial charge in [-0.25, -0.2) is 14.8 Å². The highest BCUT2D eigenvalue weighted by Gasteiger charge is 2.15. The molecule has 0 bridgehead atoms. The van der Waals surface area contributed by atoms with Crippen LogP contribution in [0.2, 0.25) is 0 Å². The molecule has 100 valence electrons. The molecule has 1 rings (SSSR count). The summed E-state index contributed by atoms with van der Waals surface area (Å²) in [4.78, 5) is 20.7. The quantitative estimate of drug-likeness (QED) is 0.658. The number of hydrogen-bond donors (Lipinski definition) is 2. The van der Waals surface area contributed by atoms with Crippen LogP contribution in [0, 0.1) is 6.92 Å². The largest absolute Gasteiger partial charge is 0.477 e. The molecular formula is C11H17N3O4. The molecule has 0 aliphatic heterocycles. The third kappa shape index (κ3) is 3.94. The minimum absolute atomic E-state index is 0.0310. The molecule has 0 fully saturated rings. The van der Waals surface area contributed by atoms with Crippen LogP contribution in [0.3, 0.4) is 0 Å². The van der Waals surface area contributed by atoms with Gasteiger partial charge >= 0.3 is 5.97 Å². The van der Waals surface area contributed by atoms with Crippen molar-refractivity contribution in [3.8, 4) is 0 Å². The van der Waals surface area contributed by atoms with Crippen LogP contribution in [0.15, 0.2) is 6.20 Å². The second-order valence-electron chi connectivity index (χ2n) is 3.72. The van der Waals surface area contributed by atoms with Gasteiger partial charge in [0, 0.05) is 19.8 Å². The molecule has 0 amide bonds. The molecule has 0 saturated heterocycles. The van der Waals surface area contributed by atoms with E-state index in [0.717, 1.165) is 0 Å². The average molecular weight is 255 g/mol. The highest BCUT2D eigenvalue weighted by Crippen LogP contribution is 2.15. The Labute approximate surface area is 105 Å². The fourth-order valence-electron chi connectivity index (χ4n) is 1.37. The molecule has 0 unspecified atom stereocenters. The molecule has 1 aromatic heterocycles. The smallest absolute Gasteiger partial charge is 0.341 e. The zero-order valence-corrected chi connectivity index (χ0v) is 10.5. The monoisotopic (exact) mass is 255 g/mol. The van der Waals surface area contributed by atoms with Gasteiger partial charge in [0.05, 0.1) is 19.8 Å². The fraction of sp³-hybridized carbons (Fsp3) is 0.545. The number of hydrogen-bond acceptors (Lipinski definition) is 6. The molecule has 0 radical (unpaired) electrons. The minimum atomic E-state index is -1.06. The predicted molar refractivity (Wildman–Crippen MR) is 64.9 cm³/mol. The summed E-state index contributed by atoms with van der Waals surface area (Å²) in [5, 5.41) is 17.6. The van der Waals surface area contributed by atoms with E-state index in [2.05, 4.69) is 9.97 Å². The van der Waals surface area contributed by atoms with Crippen molar-refractivity contribution in [3.63, 3.8) is 0 Å². The lowest BCUT2D eigenvalue weighted by Crippen LogP contribution is -2.26. The summed E-state index contributed by atoms with van der Waals surface area (Å²) in [6, 6.07) is 0. The summed E-state index contributed by atoms with van der Waals surface area (Å²) in [6.45, 7) is 2.81. The number of aliphatic hydroxyl groups excluding tert-OH is 1. The van der Waals surface area contributed by atoms with Crippen LogP contribution in [0.4, 0.5) is 5.82 Å². The van der Waals surface area contributed by atoms with E-state index < -0.39 is 5.97 Å². The van der Waals surface area contributed by atoms with Crippen LogP contribution in [-0.2, 0) is 4.74 Å². The normalized spacial score (nSPS) is 10.4.